The fourth-order valence-electron chi connectivity index (χ4n) is 4.87. The molecule has 1 aliphatic heterocycles. The van der Waals surface area contributed by atoms with Crippen LogP contribution in [0.3, 0.4) is 0 Å². The molecule has 1 aliphatic carbocycles. The molecule has 154 valence electrons. The molecule has 0 radical (unpaired) electrons. The summed E-state index contributed by atoms with van der Waals surface area (Å²) in [6, 6.07) is 10.0. The zero-order valence-corrected chi connectivity index (χ0v) is 16.5. The lowest BCUT2D eigenvalue weighted by Crippen LogP contribution is -2.40. The van der Waals surface area contributed by atoms with E-state index in [4.69, 9.17) is 0 Å². The number of phenols is 1. The smallest absolute Gasteiger partial charge is 0.321 e. The van der Waals surface area contributed by atoms with E-state index in [2.05, 4.69) is 5.32 Å². The molecule has 1 saturated heterocycles. The van der Waals surface area contributed by atoms with E-state index in [1.165, 1.54) is 19.3 Å². The van der Waals surface area contributed by atoms with E-state index < -0.39 is 12.0 Å². The molecule has 29 heavy (non-hydrogen) atoms. The molecule has 0 bridgehead atoms. The van der Waals surface area contributed by atoms with Crippen molar-refractivity contribution in [1.29, 1.82) is 0 Å². The largest absolute Gasteiger partial charge is 0.506 e. The van der Waals surface area contributed by atoms with Crippen LogP contribution in [0.5, 0.6) is 5.75 Å². The lowest BCUT2D eigenvalue weighted by Gasteiger charge is -2.29. The number of likely N-dealkylation sites (tertiary alicyclic amines) is 1. The van der Waals surface area contributed by atoms with Crippen LogP contribution >= 0.6 is 0 Å². The number of hydrogen-bond acceptors (Lipinski definition) is 4. The minimum absolute atomic E-state index is 0.0348. The minimum atomic E-state index is -0.828. The summed E-state index contributed by atoms with van der Waals surface area (Å²) in [5.41, 5.74) is 0.223. The van der Waals surface area contributed by atoms with Gasteiger partial charge in [-0.05, 0) is 36.6 Å². The number of rotatable bonds is 5. The number of carboxylic acid groups (broad SMARTS) is 1. The second-order valence-electron chi connectivity index (χ2n) is 8.40. The zero-order chi connectivity index (χ0) is 20.4. The normalized spacial score (nSPS) is 23.3. The number of carboxylic acids is 1. The summed E-state index contributed by atoms with van der Waals surface area (Å²) in [7, 11) is 0. The molecule has 6 heteroatoms. The molecule has 1 saturated carbocycles. The third kappa shape index (κ3) is 4.22. The van der Waals surface area contributed by atoms with Crippen molar-refractivity contribution in [1.82, 2.24) is 10.2 Å². The molecule has 1 heterocycles. The number of aliphatic carboxylic acids is 1. The maximum atomic E-state index is 12.8. The van der Waals surface area contributed by atoms with Gasteiger partial charge in [0.25, 0.3) is 5.91 Å². The van der Waals surface area contributed by atoms with Crippen LogP contribution in [0.4, 0.5) is 0 Å². The van der Waals surface area contributed by atoms with E-state index in [1.807, 2.05) is 29.2 Å². The summed E-state index contributed by atoms with van der Waals surface area (Å²) in [6.45, 7) is 1.32. The Labute approximate surface area is 170 Å². The lowest BCUT2D eigenvalue weighted by atomic mass is 9.89. The summed E-state index contributed by atoms with van der Waals surface area (Å²) in [6.07, 6.45) is 6.42. The Hall–Kier alpha value is -2.60. The first-order valence-electron chi connectivity index (χ1n) is 10.5. The van der Waals surface area contributed by atoms with Gasteiger partial charge in [0, 0.05) is 24.5 Å². The first-order valence-corrected chi connectivity index (χ1v) is 10.5. The van der Waals surface area contributed by atoms with Crippen LogP contribution in [0.1, 0.15) is 48.9 Å². The van der Waals surface area contributed by atoms with E-state index in [-0.39, 0.29) is 23.3 Å². The summed E-state index contributed by atoms with van der Waals surface area (Å²) in [4.78, 5) is 26.6. The van der Waals surface area contributed by atoms with Gasteiger partial charge in [0.05, 0.1) is 5.56 Å². The van der Waals surface area contributed by atoms with Gasteiger partial charge >= 0.3 is 5.97 Å². The highest BCUT2D eigenvalue weighted by Crippen LogP contribution is 2.30. The second-order valence-corrected chi connectivity index (χ2v) is 8.40. The Bertz CT molecular complexity index is 907. The van der Waals surface area contributed by atoms with Crippen LogP contribution < -0.4 is 5.32 Å². The number of phenolic OH excluding ortho intramolecular Hbond substituents is 1. The van der Waals surface area contributed by atoms with Gasteiger partial charge in [-0.3, -0.25) is 14.5 Å². The molecule has 2 atom stereocenters. The Kier molecular flexibility index (Phi) is 5.72. The van der Waals surface area contributed by atoms with Gasteiger partial charge in [-0.1, -0.05) is 49.6 Å². The van der Waals surface area contributed by atoms with Crippen LogP contribution in [-0.2, 0) is 4.79 Å². The van der Waals surface area contributed by atoms with Crippen molar-refractivity contribution in [3.8, 4) is 5.75 Å². The fourth-order valence-corrected chi connectivity index (χ4v) is 4.87. The van der Waals surface area contributed by atoms with Crippen molar-refractivity contribution in [2.75, 3.05) is 13.1 Å². The predicted molar refractivity (Wildman–Crippen MR) is 111 cm³/mol. The van der Waals surface area contributed by atoms with Gasteiger partial charge in [-0.15, -0.1) is 0 Å². The number of carbonyl (C=O) groups excluding carboxylic acids is 1. The van der Waals surface area contributed by atoms with Crippen LogP contribution in [0.25, 0.3) is 10.8 Å². The average Bonchev–Trinajstić information content (AvgIpc) is 3.11. The van der Waals surface area contributed by atoms with Crippen molar-refractivity contribution in [3.05, 3.63) is 42.0 Å². The fraction of sp³-hybridized carbons (Fsp3) is 0.478. The topological polar surface area (TPSA) is 89.9 Å². The van der Waals surface area contributed by atoms with Crippen molar-refractivity contribution in [3.63, 3.8) is 0 Å². The quantitative estimate of drug-likeness (QED) is 0.721. The van der Waals surface area contributed by atoms with Crippen molar-refractivity contribution >= 4 is 22.6 Å². The monoisotopic (exact) mass is 396 g/mol. The molecule has 3 N–H and O–H groups in total. The molecule has 2 aromatic rings. The number of aromatic hydroxyl groups is 1. The van der Waals surface area contributed by atoms with E-state index >= 15 is 0 Å². The standard InChI is InChI=1S/C23H28N2O4/c26-21-18-9-5-4-8-16(18)10-11-19(21)22(27)24-17-12-20(23(28)29)25(14-17)13-15-6-2-1-3-7-15/h4-5,8-11,15,17,20,26H,1-3,6-7,12-14H2,(H,24,27)(H,28,29)/t17-,20+/m1/s1. The molecule has 2 aromatic carbocycles. The molecule has 4 rings (SSSR count). The Balaban J connectivity index is 1.45. The van der Waals surface area contributed by atoms with Crippen LogP contribution in [0, 0.1) is 5.92 Å². The average molecular weight is 396 g/mol. The van der Waals surface area contributed by atoms with Gasteiger partial charge in [-0.2, -0.15) is 0 Å². The maximum absolute atomic E-state index is 12.8. The van der Waals surface area contributed by atoms with E-state index in [0.29, 0.717) is 24.3 Å². The molecule has 0 unspecified atom stereocenters. The number of fused-ring (bicyclic) bond motifs is 1. The highest BCUT2D eigenvalue weighted by molar-refractivity contribution is 6.03. The van der Waals surface area contributed by atoms with E-state index in [9.17, 15) is 19.8 Å². The predicted octanol–water partition coefficient (Wildman–Crippen LogP) is 3.38. The van der Waals surface area contributed by atoms with Gasteiger partial charge in [-0.25, -0.2) is 0 Å². The maximum Gasteiger partial charge on any atom is 0.321 e. The molecule has 0 spiro atoms. The first-order chi connectivity index (χ1) is 14.0. The lowest BCUT2D eigenvalue weighted by molar-refractivity contribution is -0.142. The van der Waals surface area contributed by atoms with Gasteiger partial charge in [0.2, 0.25) is 0 Å². The molecule has 0 aromatic heterocycles. The number of carbonyl (C=O) groups is 2. The van der Waals surface area contributed by atoms with E-state index in [0.717, 1.165) is 24.8 Å². The second kappa shape index (κ2) is 8.41. The number of hydrogen-bond donors (Lipinski definition) is 3. The molecular formula is C23H28N2O4. The molecule has 2 aliphatic rings. The summed E-state index contributed by atoms with van der Waals surface area (Å²) >= 11 is 0. The van der Waals surface area contributed by atoms with Gasteiger partial charge in [0.1, 0.15) is 11.8 Å². The zero-order valence-electron chi connectivity index (χ0n) is 16.5. The molecule has 6 nitrogen and oxygen atoms in total. The number of nitrogens with zero attached hydrogens (tertiary/aromatic N) is 1. The minimum Gasteiger partial charge on any atom is -0.506 e. The molecular weight excluding hydrogens is 368 g/mol. The number of amides is 1. The van der Waals surface area contributed by atoms with Gasteiger partial charge in [0.15, 0.2) is 0 Å². The van der Waals surface area contributed by atoms with Crippen molar-refractivity contribution in [2.24, 2.45) is 5.92 Å². The van der Waals surface area contributed by atoms with Gasteiger partial charge < -0.3 is 15.5 Å². The Morgan fingerprint density at radius 2 is 1.83 bits per heavy atom. The van der Waals surface area contributed by atoms with Crippen molar-refractivity contribution in [2.45, 2.75) is 50.6 Å². The molecule has 2 fully saturated rings. The third-order valence-electron chi connectivity index (χ3n) is 6.39. The molecule has 1 amide bonds. The Morgan fingerprint density at radius 3 is 2.59 bits per heavy atom. The highest BCUT2D eigenvalue weighted by Gasteiger charge is 2.38. The number of benzene rings is 2. The summed E-state index contributed by atoms with van der Waals surface area (Å²) in [5, 5.41) is 24.6. The summed E-state index contributed by atoms with van der Waals surface area (Å²) < 4.78 is 0. The van der Waals surface area contributed by atoms with Crippen LogP contribution in [0.15, 0.2) is 36.4 Å². The van der Waals surface area contributed by atoms with E-state index in [1.54, 1.807) is 12.1 Å². The number of nitrogens with one attached hydrogen (secondary N) is 1. The first kappa shape index (κ1) is 19.7. The summed E-state index contributed by atoms with van der Waals surface area (Å²) in [5.74, 6) is -0.676. The SMILES string of the molecule is O=C(N[C@@H]1C[C@@H](C(=O)O)N(CC2CCCCC2)C1)c1ccc2ccccc2c1O. The Morgan fingerprint density at radius 1 is 1.07 bits per heavy atom. The third-order valence-corrected chi connectivity index (χ3v) is 6.39. The van der Waals surface area contributed by atoms with Crippen LogP contribution in [0.2, 0.25) is 0 Å². The van der Waals surface area contributed by atoms with Crippen LogP contribution in [-0.4, -0.2) is 52.2 Å². The highest BCUT2D eigenvalue weighted by atomic mass is 16.4. The van der Waals surface area contributed by atoms with Crippen molar-refractivity contribution < 1.29 is 19.8 Å².